The van der Waals surface area contributed by atoms with Gasteiger partial charge < -0.3 is 9.84 Å². The van der Waals surface area contributed by atoms with Crippen molar-refractivity contribution in [2.24, 2.45) is 0 Å². The van der Waals surface area contributed by atoms with Crippen LogP contribution in [0.2, 0.25) is 5.02 Å². The van der Waals surface area contributed by atoms with Crippen LogP contribution in [0.3, 0.4) is 0 Å². The van der Waals surface area contributed by atoms with Gasteiger partial charge in [0.2, 0.25) is 0 Å². The van der Waals surface area contributed by atoms with E-state index in [0.29, 0.717) is 16.3 Å². The summed E-state index contributed by atoms with van der Waals surface area (Å²) in [7, 11) is 0. The molecule has 0 saturated carbocycles. The maximum Gasteiger partial charge on any atom is 0.416 e. The molecule has 0 bridgehead atoms. The van der Waals surface area contributed by atoms with Gasteiger partial charge in [-0.25, -0.2) is 0 Å². The third-order valence-electron chi connectivity index (χ3n) is 3.57. The molecule has 0 radical (unpaired) electrons. The van der Waals surface area contributed by atoms with Crippen LogP contribution in [0.25, 0.3) is 0 Å². The van der Waals surface area contributed by atoms with Crippen LogP contribution in [0.4, 0.5) is 18.9 Å². The van der Waals surface area contributed by atoms with Gasteiger partial charge in [0.25, 0.3) is 5.91 Å². The van der Waals surface area contributed by atoms with E-state index in [2.05, 4.69) is 15.6 Å². The number of alkyl halides is 3. The van der Waals surface area contributed by atoms with E-state index in [0.717, 1.165) is 12.1 Å². The summed E-state index contributed by atoms with van der Waals surface area (Å²) in [5.41, 5.74) is -0.447. The van der Waals surface area contributed by atoms with Crippen molar-refractivity contribution in [3.63, 3.8) is 0 Å². The molecule has 2 heterocycles. The summed E-state index contributed by atoms with van der Waals surface area (Å²) in [4.78, 5) is 12.4. The molecule has 0 aliphatic carbocycles. The Kier molecular flexibility index (Phi) is 4.73. The second-order valence-electron chi connectivity index (χ2n) is 5.45. The Morgan fingerprint density at radius 2 is 2.15 bits per heavy atom. The predicted molar refractivity (Wildman–Crippen MR) is 87.0 cm³/mol. The molecule has 2 aromatic heterocycles. The Balaban J connectivity index is 1.83. The number of rotatable bonds is 4. The topological polar surface area (TPSA) is 73.0 Å². The summed E-state index contributed by atoms with van der Waals surface area (Å²) < 4.78 is 44.9. The lowest BCUT2D eigenvalue weighted by molar-refractivity contribution is -0.137. The molecule has 0 aliphatic heterocycles. The molecule has 26 heavy (non-hydrogen) atoms. The molecule has 6 nitrogen and oxygen atoms in total. The number of nitrogens with zero attached hydrogens (tertiary/aromatic N) is 3. The number of hydrogen-bond acceptors (Lipinski definition) is 4. The maximum absolute atomic E-state index is 12.8. The SMILES string of the molecule is Cc1onc(C(=O)Nc2cccc(C(F)(F)F)c2)c1Cn1cc(Cl)cn1. The number of halogens is 4. The third-order valence-corrected chi connectivity index (χ3v) is 3.76. The van der Waals surface area contributed by atoms with Gasteiger partial charge in [0.05, 0.1) is 23.3 Å². The Morgan fingerprint density at radius 3 is 2.81 bits per heavy atom. The van der Waals surface area contributed by atoms with Crippen molar-refractivity contribution in [2.45, 2.75) is 19.6 Å². The highest BCUT2D eigenvalue weighted by molar-refractivity contribution is 6.30. The standard InChI is InChI=1S/C16H12ClF3N4O2/c1-9-13(8-24-7-11(17)6-21-24)14(23-26-9)15(25)22-12-4-2-3-10(5-12)16(18,19)20/h2-7H,8H2,1H3,(H,22,25). The van der Waals surface area contributed by atoms with Crippen molar-refractivity contribution in [1.82, 2.24) is 14.9 Å². The van der Waals surface area contributed by atoms with Gasteiger partial charge in [0, 0.05) is 17.4 Å². The number of aryl methyl sites for hydroxylation is 1. The highest BCUT2D eigenvalue weighted by Gasteiger charge is 2.30. The van der Waals surface area contributed by atoms with Crippen LogP contribution in [-0.2, 0) is 12.7 Å². The van der Waals surface area contributed by atoms with E-state index in [-0.39, 0.29) is 17.9 Å². The van der Waals surface area contributed by atoms with Gasteiger partial charge in [-0.15, -0.1) is 0 Å². The smallest absolute Gasteiger partial charge is 0.361 e. The molecule has 0 spiro atoms. The zero-order chi connectivity index (χ0) is 18.9. The van der Waals surface area contributed by atoms with Gasteiger partial charge in [0.1, 0.15) is 5.76 Å². The van der Waals surface area contributed by atoms with Crippen molar-refractivity contribution < 1.29 is 22.5 Å². The Labute approximate surface area is 150 Å². The second-order valence-corrected chi connectivity index (χ2v) is 5.89. The Hall–Kier alpha value is -2.81. The number of anilines is 1. The van der Waals surface area contributed by atoms with Crippen molar-refractivity contribution in [1.29, 1.82) is 0 Å². The fourth-order valence-corrected chi connectivity index (χ4v) is 2.46. The van der Waals surface area contributed by atoms with Crippen molar-refractivity contribution in [3.05, 3.63) is 64.3 Å². The van der Waals surface area contributed by atoms with Gasteiger partial charge in [0.15, 0.2) is 5.69 Å². The van der Waals surface area contributed by atoms with Gasteiger partial charge in [-0.05, 0) is 25.1 Å². The molecular formula is C16H12ClF3N4O2. The molecule has 3 aromatic rings. The highest BCUT2D eigenvalue weighted by Crippen LogP contribution is 2.30. The third kappa shape index (κ3) is 3.88. The highest BCUT2D eigenvalue weighted by atomic mass is 35.5. The number of aromatic nitrogens is 3. The van der Waals surface area contributed by atoms with Crippen LogP contribution in [-0.4, -0.2) is 20.8 Å². The second kappa shape index (κ2) is 6.83. The molecule has 3 rings (SSSR count). The fraction of sp³-hybridized carbons (Fsp3) is 0.188. The van der Waals surface area contributed by atoms with Crippen LogP contribution in [0.1, 0.15) is 27.4 Å². The predicted octanol–water partition coefficient (Wildman–Crippen LogP) is 4.15. The number of amides is 1. The van der Waals surface area contributed by atoms with Gasteiger partial charge in [-0.2, -0.15) is 18.3 Å². The molecule has 0 saturated heterocycles. The Bertz CT molecular complexity index is 949. The van der Waals surface area contributed by atoms with Crippen LogP contribution >= 0.6 is 11.6 Å². The lowest BCUT2D eigenvalue weighted by atomic mass is 10.1. The van der Waals surface area contributed by atoms with E-state index < -0.39 is 17.6 Å². The van der Waals surface area contributed by atoms with E-state index in [4.69, 9.17) is 16.1 Å². The monoisotopic (exact) mass is 384 g/mol. The number of benzene rings is 1. The summed E-state index contributed by atoms with van der Waals surface area (Å²) >= 11 is 5.81. The van der Waals surface area contributed by atoms with Crippen LogP contribution in [0.5, 0.6) is 0 Å². The lowest BCUT2D eigenvalue weighted by Gasteiger charge is -2.09. The summed E-state index contributed by atoms with van der Waals surface area (Å²) in [6.07, 6.45) is -1.51. The fourth-order valence-electron chi connectivity index (χ4n) is 2.31. The lowest BCUT2D eigenvalue weighted by Crippen LogP contribution is -2.16. The average Bonchev–Trinajstić information content (AvgIpc) is 3.14. The minimum absolute atomic E-state index is 0.00133. The number of hydrogen-bond donors (Lipinski definition) is 1. The van der Waals surface area contributed by atoms with Crippen molar-refractivity contribution in [2.75, 3.05) is 5.32 Å². The van der Waals surface area contributed by atoms with Crippen molar-refractivity contribution >= 4 is 23.2 Å². The number of nitrogens with one attached hydrogen (secondary N) is 1. The molecule has 0 fully saturated rings. The molecule has 1 N–H and O–H groups in total. The number of carbonyl (C=O) groups is 1. The average molecular weight is 385 g/mol. The largest absolute Gasteiger partial charge is 0.416 e. The summed E-state index contributed by atoms with van der Waals surface area (Å²) in [6.45, 7) is 1.79. The molecule has 1 aromatic carbocycles. The normalized spacial score (nSPS) is 11.6. The summed E-state index contributed by atoms with van der Waals surface area (Å²) in [5.74, 6) is -0.291. The summed E-state index contributed by atoms with van der Waals surface area (Å²) in [6, 6.07) is 4.33. The first-order chi connectivity index (χ1) is 12.2. The summed E-state index contributed by atoms with van der Waals surface area (Å²) in [5, 5.41) is 10.5. The van der Waals surface area contributed by atoms with Crippen LogP contribution < -0.4 is 5.32 Å². The van der Waals surface area contributed by atoms with Crippen LogP contribution in [0.15, 0.2) is 41.2 Å². The first-order valence-corrected chi connectivity index (χ1v) is 7.73. The van der Waals surface area contributed by atoms with E-state index in [1.165, 1.54) is 23.0 Å². The van der Waals surface area contributed by atoms with Gasteiger partial charge in [-0.1, -0.05) is 22.8 Å². The van der Waals surface area contributed by atoms with Crippen LogP contribution in [0, 0.1) is 6.92 Å². The molecular weight excluding hydrogens is 373 g/mol. The molecule has 0 aliphatic rings. The molecule has 136 valence electrons. The zero-order valence-corrected chi connectivity index (χ0v) is 14.1. The zero-order valence-electron chi connectivity index (χ0n) is 13.3. The number of carbonyl (C=O) groups excluding carboxylic acids is 1. The first kappa shape index (κ1) is 18.0. The van der Waals surface area contributed by atoms with Gasteiger partial charge in [-0.3, -0.25) is 9.48 Å². The minimum Gasteiger partial charge on any atom is -0.361 e. The Morgan fingerprint density at radius 1 is 1.38 bits per heavy atom. The van der Waals surface area contributed by atoms with E-state index in [9.17, 15) is 18.0 Å². The first-order valence-electron chi connectivity index (χ1n) is 7.36. The van der Waals surface area contributed by atoms with E-state index in [1.807, 2.05) is 0 Å². The van der Waals surface area contributed by atoms with E-state index in [1.54, 1.807) is 13.1 Å². The quantitative estimate of drug-likeness (QED) is 0.733. The molecule has 10 heteroatoms. The maximum atomic E-state index is 12.8. The minimum atomic E-state index is -4.50. The van der Waals surface area contributed by atoms with Crippen molar-refractivity contribution in [3.8, 4) is 0 Å². The molecule has 0 unspecified atom stereocenters. The molecule has 0 atom stereocenters. The van der Waals surface area contributed by atoms with Gasteiger partial charge >= 0.3 is 6.18 Å². The molecule has 1 amide bonds. The van der Waals surface area contributed by atoms with E-state index >= 15 is 0 Å².